The van der Waals surface area contributed by atoms with Crippen LogP contribution in [-0.4, -0.2) is 57.6 Å². The predicted octanol–water partition coefficient (Wildman–Crippen LogP) is 8.52. The van der Waals surface area contributed by atoms with Gasteiger partial charge in [0.1, 0.15) is 11.5 Å². The highest BCUT2D eigenvalue weighted by Crippen LogP contribution is 2.32. The average molecular weight is 763 g/mol. The number of alkyl halides is 4. The fourth-order valence-electron chi connectivity index (χ4n) is 4.16. The van der Waals surface area contributed by atoms with Crippen molar-refractivity contribution in [2.75, 3.05) is 14.2 Å². The summed E-state index contributed by atoms with van der Waals surface area (Å²) in [5.41, 5.74) is 3.95. The maximum atomic E-state index is 12.3. The second-order valence-electron chi connectivity index (χ2n) is 9.45. The summed E-state index contributed by atoms with van der Waals surface area (Å²) in [5.74, 6) is 1.70. The molecule has 260 valence electrons. The molecule has 4 aromatic heterocycles. The first kappa shape index (κ1) is 37.4. The summed E-state index contributed by atoms with van der Waals surface area (Å²) in [4.78, 5) is 17.4. The standard InChI is InChI=1S/C15H12ClF2N3O2S.C8H6F2N2OS.C7H9ClNO2/c1-22-13-9(16)4-5-19-12(13)7-24-15-20-10-3-2-8(23-14(17)18)6-11(10)21-15;9-7(10)13-4-1-2-5-6(3-4)12-8(14)11-5;1-5-7(11-2)6(8)3-4-9(5)10/h2-6,14H,7H2,1H3,(H,20,21);1-3,7H,(H2,11,12,14);3-4,10H,1-2H3/q;;+1. The number of aromatic amines is 3. The first-order valence-corrected chi connectivity index (χ1v) is 15.9. The molecule has 19 heteroatoms. The number of thioether (sulfide) groups is 1. The highest BCUT2D eigenvalue weighted by molar-refractivity contribution is 7.98. The fraction of sp³-hybridized carbons (Fsp3) is 0.200. The van der Waals surface area contributed by atoms with E-state index < -0.39 is 13.2 Å². The van der Waals surface area contributed by atoms with E-state index in [0.717, 1.165) is 10.2 Å². The summed E-state index contributed by atoms with van der Waals surface area (Å²) >= 11 is 18.1. The summed E-state index contributed by atoms with van der Waals surface area (Å²) in [7, 11) is 3.04. The first-order valence-electron chi connectivity index (χ1n) is 13.7. The van der Waals surface area contributed by atoms with E-state index in [1.807, 2.05) is 0 Å². The number of halogens is 6. The van der Waals surface area contributed by atoms with Crippen molar-refractivity contribution in [2.24, 2.45) is 0 Å². The Balaban J connectivity index is 0.000000183. The van der Waals surface area contributed by atoms with Gasteiger partial charge in [-0.25, -0.2) is 4.98 Å². The minimum absolute atomic E-state index is 0.0795. The number of ether oxygens (including phenoxy) is 4. The van der Waals surface area contributed by atoms with Crippen LogP contribution in [0.25, 0.3) is 22.1 Å². The Morgan fingerprint density at radius 1 is 0.857 bits per heavy atom. The highest BCUT2D eigenvalue weighted by Gasteiger charge is 2.15. The Labute approximate surface area is 295 Å². The number of benzene rings is 2. The van der Waals surface area contributed by atoms with Crippen molar-refractivity contribution in [3.05, 3.63) is 87.1 Å². The molecule has 4 N–H and O–H groups in total. The molecule has 11 nitrogen and oxygen atoms in total. The van der Waals surface area contributed by atoms with Crippen LogP contribution < -0.4 is 23.7 Å². The molecular weight excluding hydrogens is 735 g/mol. The number of imidazole rings is 2. The predicted molar refractivity (Wildman–Crippen MR) is 178 cm³/mol. The van der Waals surface area contributed by atoms with Gasteiger partial charge in [0.25, 0.3) is 5.69 Å². The number of nitrogens with zero attached hydrogens (tertiary/aromatic N) is 3. The Kier molecular flexibility index (Phi) is 13.2. The fourth-order valence-corrected chi connectivity index (χ4v) is 5.72. The highest BCUT2D eigenvalue weighted by atomic mass is 35.5. The summed E-state index contributed by atoms with van der Waals surface area (Å²) in [6.45, 7) is -3.96. The normalized spacial score (nSPS) is 10.8. The van der Waals surface area contributed by atoms with Gasteiger partial charge in [-0.15, -0.1) is 0 Å². The minimum Gasteiger partial charge on any atom is -0.493 e. The van der Waals surface area contributed by atoms with Gasteiger partial charge < -0.3 is 33.9 Å². The summed E-state index contributed by atoms with van der Waals surface area (Å²) < 4.78 is 68.5. The lowest BCUT2D eigenvalue weighted by molar-refractivity contribution is -0.908. The number of rotatable bonds is 9. The first-order chi connectivity index (χ1) is 23.4. The molecule has 2 aromatic carbocycles. The van der Waals surface area contributed by atoms with Crippen LogP contribution in [-0.2, 0) is 5.75 Å². The second kappa shape index (κ2) is 17.3. The van der Waals surface area contributed by atoms with E-state index in [-0.39, 0.29) is 11.5 Å². The third-order valence-corrected chi connectivity index (χ3v) is 7.99. The van der Waals surface area contributed by atoms with Gasteiger partial charge in [0, 0.05) is 41.8 Å². The summed E-state index contributed by atoms with van der Waals surface area (Å²) in [6.07, 6.45) is 3.06. The van der Waals surface area contributed by atoms with Crippen LogP contribution in [0.1, 0.15) is 11.4 Å². The van der Waals surface area contributed by atoms with Gasteiger partial charge in [-0.1, -0.05) is 35.0 Å². The lowest BCUT2D eigenvalue weighted by atomic mass is 10.3. The van der Waals surface area contributed by atoms with Gasteiger partial charge in [-0.2, -0.15) is 17.6 Å². The molecule has 49 heavy (non-hydrogen) atoms. The van der Waals surface area contributed by atoms with Crippen molar-refractivity contribution >= 4 is 69.2 Å². The van der Waals surface area contributed by atoms with Crippen molar-refractivity contribution in [3.8, 4) is 23.0 Å². The molecule has 0 amide bonds. The Bertz CT molecular complexity index is 2080. The van der Waals surface area contributed by atoms with Crippen LogP contribution in [0.3, 0.4) is 0 Å². The average Bonchev–Trinajstić information content (AvgIpc) is 3.63. The molecule has 6 aromatic rings. The van der Waals surface area contributed by atoms with Crippen LogP contribution in [0.5, 0.6) is 23.0 Å². The zero-order chi connectivity index (χ0) is 35.7. The second-order valence-corrected chi connectivity index (χ2v) is 11.6. The van der Waals surface area contributed by atoms with Crippen molar-refractivity contribution in [3.63, 3.8) is 0 Å². The number of methoxy groups -OCH3 is 2. The molecule has 0 saturated carbocycles. The molecule has 0 aliphatic carbocycles. The van der Waals surface area contributed by atoms with E-state index >= 15 is 0 Å². The molecule has 0 fully saturated rings. The number of nitrogens with one attached hydrogen (secondary N) is 3. The molecule has 0 spiro atoms. The number of hydrogen-bond donors (Lipinski definition) is 4. The molecule has 0 atom stereocenters. The molecule has 6 rings (SSSR count). The van der Waals surface area contributed by atoms with Gasteiger partial charge in [-0.3, -0.25) is 10.2 Å². The van der Waals surface area contributed by atoms with Gasteiger partial charge in [0.05, 0.1) is 52.0 Å². The number of aromatic nitrogens is 6. The largest absolute Gasteiger partial charge is 0.493 e. The van der Waals surface area contributed by atoms with E-state index in [9.17, 15) is 17.6 Å². The Hall–Kier alpha value is -4.45. The third kappa shape index (κ3) is 10.3. The van der Waals surface area contributed by atoms with Gasteiger partial charge >= 0.3 is 13.2 Å². The van der Waals surface area contributed by atoms with Crippen molar-refractivity contribution < 1.29 is 46.4 Å². The molecule has 0 aliphatic heterocycles. The number of hydrogen-bond acceptors (Lipinski definition) is 9. The summed E-state index contributed by atoms with van der Waals surface area (Å²) in [6, 6.07) is 12.3. The van der Waals surface area contributed by atoms with E-state index in [0.29, 0.717) is 65.2 Å². The third-order valence-electron chi connectivity index (χ3n) is 6.30. The monoisotopic (exact) mass is 761 g/mol. The number of H-pyrrole nitrogens is 3. The molecule has 0 radical (unpaired) electrons. The zero-order valence-corrected chi connectivity index (χ0v) is 28.8. The quantitative estimate of drug-likeness (QED) is 0.0376. The molecule has 0 aliphatic rings. The minimum atomic E-state index is -2.86. The lowest BCUT2D eigenvalue weighted by Gasteiger charge is -2.07. The van der Waals surface area contributed by atoms with E-state index in [1.54, 1.807) is 37.4 Å². The molecule has 0 bridgehead atoms. The van der Waals surface area contributed by atoms with Crippen molar-refractivity contribution in [2.45, 2.75) is 31.1 Å². The topological polar surface area (TPSA) is 134 Å². The van der Waals surface area contributed by atoms with Crippen molar-refractivity contribution in [1.82, 2.24) is 24.9 Å². The van der Waals surface area contributed by atoms with Gasteiger partial charge in [0.2, 0.25) is 11.9 Å². The lowest BCUT2D eigenvalue weighted by Crippen LogP contribution is -2.33. The van der Waals surface area contributed by atoms with Crippen LogP contribution >= 0.6 is 47.2 Å². The van der Waals surface area contributed by atoms with Crippen LogP contribution in [0.4, 0.5) is 17.6 Å². The zero-order valence-electron chi connectivity index (χ0n) is 25.6. The van der Waals surface area contributed by atoms with E-state index in [4.69, 9.17) is 50.1 Å². The maximum Gasteiger partial charge on any atom is 0.387 e. The van der Waals surface area contributed by atoms with Crippen molar-refractivity contribution in [1.29, 1.82) is 0 Å². The SMILES string of the molecule is COc1c(Cl)cc[n+](O)c1C.COc1c(Cl)ccnc1CSc1nc2ccc(OC(F)F)cc2[nH]1.FC(F)Oc1ccc2[nH]c(=S)[nH]c2c1. The van der Waals surface area contributed by atoms with Crippen LogP contribution in [0.2, 0.25) is 10.0 Å². The van der Waals surface area contributed by atoms with Gasteiger partial charge in [-0.05, 0) is 42.5 Å². The van der Waals surface area contributed by atoms with Crippen LogP contribution in [0.15, 0.2) is 66.1 Å². The molecular formula is C30H27Cl2F4N6O5S2+. The van der Waals surface area contributed by atoms with E-state index in [2.05, 4.69) is 34.4 Å². The Morgan fingerprint density at radius 2 is 1.47 bits per heavy atom. The molecule has 4 heterocycles. The number of fused-ring (bicyclic) bond motifs is 2. The maximum absolute atomic E-state index is 12.3. The Morgan fingerprint density at radius 3 is 2.10 bits per heavy atom. The van der Waals surface area contributed by atoms with E-state index in [1.165, 1.54) is 56.4 Å². The van der Waals surface area contributed by atoms with Crippen LogP contribution in [0, 0.1) is 11.7 Å². The molecule has 0 saturated heterocycles. The molecule has 0 unspecified atom stereocenters. The smallest absolute Gasteiger partial charge is 0.387 e. The number of pyridine rings is 2. The van der Waals surface area contributed by atoms with Gasteiger partial charge in [0.15, 0.2) is 15.7 Å². The summed E-state index contributed by atoms with van der Waals surface area (Å²) in [5, 5.41) is 10.7.